The van der Waals surface area contributed by atoms with Crippen LogP contribution in [0.3, 0.4) is 0 Å². The van der Waals surface area contributed by atoms with Gasteiger partial charge in [-0.15, -0.1) is 0 Å². The van der Waals surface area contributed by atoms with E-state index in [-0.39, 0.29) is 18.4 Å². The summed E-state index contributed by atoms with van der Waals surface area (Å²) in [6.07, 6.45) is 5.08. The molecule has 1 aromatic rings. The number of aromatic nitrogens is 1. The molecule has 2 fully saturated rings. The first kappa shape index (κ1) is 16.4. The molecule has 4 amide bonds. The zero-order valence-corrected chi connectivity index (χ0v) is 14.0. The number of aryl methyl sites for hydroxylation is 1. The lowest BCUT2D eigenvalue weighted by atomic mass is 9.73. The summed E-state index contributed by atoms with van der Waals surface area (Å²) in [6.45, 7) is 3.52. The minimum Gasteiger partial charge on any atom is -0.323 e. The van der Waals surface area contributed by atoms with Crippen LogP contribution in [0.15, 0.2) is 18.3 Å². The molecular formula is C17H22N4O3. The topological polar surface area (TPSA) is 91.4 Å². The Labute approximate surface area is 140 Å². The van der Waals surface area contributed by atoms with Gasteiger partial charge in [-0.2, -0.15) is 0 Å². The smallest absolute Gasteiger partial charge is 0.323 e. The van der Waals surface area contributed by atoms with E-state index in [1.54, 1.807) is 12.3 Å². The Bertz CT molecular complexity index is 690. The number of imide groups is 1. The molecule has 24 heavy (non-hydrogen) atoms. The van der Waals surface area contributed by atoms with E-state index in [0.29, 0.717) is 12.2 Å². The minimum atomic E-state index is -0.837. The maximum atomic E-state index is 12.8. The lowest BCUT2D eigenvalue weighted by molar-refractivity contribution is -0.136. The highest BCUT2D eigenvalue weighted by Gasteiger charge is 2.55. The summed E-state index contributed by atoms with van der Waals surface area (Å²) in [7, 11) is 0. The van der Waals surface area contributed by atoms with Crippen molar-refractivity contribution in [3.05, 3.63) is 23.9 Å². The van der Waals surface area contributed by atoms with E-state index < -0.39 is 17.5 Å². The standard InChI is InChI=1S/C17H22N4O3/c1-11-6-5-9-18-14(11)19-13(22)10-21-15(23)17(20-16(21)24)8-4-3-7-12(17)2/h5-6,9,12H,3-4,7-8,10H2,1-2H3,(H,20,24)(H,18,19,22)/t12-,17-/m1/s1. The number of urea groups is 1. The molecule has 0 radical (unpaired) electrons. The van der Waals surface area contributed by atoms with Gasteiger partial charge >= 0.3 is 6.03 Å². The van der Waals surface area contributed by atoms with Crippen LogP contribution in [0.5, 0.6) is 0 Å². The first-order valence-corrected chi connectivity index (χ1v) is 8.29. The number of rotatable bonds is 3. The molecule has 1 saturated carbocycles. The molecule has 2 aliphatic rings. The van der Waals surface area contributed by atoms with Crippen molar-refractivity contribution in [2.45, 2.75) is 45.1 Å². The van der Waals surface area contributed by atoms with Crippen LogP contribution in [-0.4, -0.2) is 39.8 Å². The SMILES string of the molecule is Cc1cccnc1NC(=O)CN1C(=O)N[C@@]2(CCCC[C@H]2C)C1=O. The number of hydrogen-bond donors (Lipinski definition) is 2. The molecule has 2 N–H and O–H groups in total. The quantitative estimate of drug-likeness (QED) is 0.827. The summed E-state index contributed by atoms with van der Waals surface area (Å²) >= 11 is 0. The number of amides is 4. The molecule has 1 spiro atoms. The van der Waals surface area contributed by atoms with E-state index in [9.17, 15) is 14.4 Å². The maximum Gasteiger partial charge on any atom is 0.325 e. The van der Waals surface area contributed by atoms with E-state index in [1.807, 2.05) is 19.9 Å². The highest BCUT2D eigenvalue weighted by atomic mass is 16.2. The molecule has 7 nitrogen and oxygen atoms in total. The summed E-state index contributed by atoms with van der Waals surface area (Å²) < 4.78 is 0. The average molecular weight is 330 g/mol. The number of nitrogens with zero attached hydrogens (tertiary/aromatic N) is 2. The normalized spacial score (nSPS) is 26.6. The van der Waals surface area contributed by atoms with Gasteiger partial charge in [0, 0.05) is 6.20 Å². The van der Waals surface area contributed by atoms with E-state index >= 15 is 0 Å². The van der Waals surface area contributed by atoms with Crippen molar-refractivity contribution in [3.63, 3.8) is 0 Å². The van der Waals surface area contributed by atoms with Gasteiger partial charge in [0.2, 0.25) is 5.91 Å². The molecule has 7 heteroatoms. The van der Waals surface area contributed by atoms with Gasteiger partial charge in [0.25, 0.3) is 5.91 Å². The van der Waals surface area contributed by atoms with E-state index in [2.05, 4.69) is 15.6 Å². The van der Waals surface area contributed by atoms with Crippen LogP contribution in [0.2, 0.25) is 0 Å². The van der Waals surface area contributed by atoms with Crippen molar-refractivity contribution in [1.82, 2.24) is 15.2 Å². The van der Waals surface area contributed by atoms with Crippen molar-refractivity contribution in [2.24, 2.45) is 5.92 Å². The monoisotopic (exact) mass is 330 g/mol. The molecular weight excluding hydrogens is 308 g/mol. The van der Waals surface area contributed by atoms with Gasteiger partial charge in [0.05, 0.1) is 0 Å². The maximum absolute atomic E-state index is 12.8. The molecule has 1 aliphatic heterocycles. The number of carbonyl (C=O) groups excluding carboxylic acids is 3. The molecule has 128 valence electrons. The summed E-state index contributed by atoms with van der Waals surface area (Å²) in [6, 6.07) is 3.12. The zero-order valence-electron chi connectivity index (χ0n) is 14.0. The summed E-state index contributed by atoms with van der Waals surface area (Å²) in [5.74, 6) is -0.197. The van der Waals surface area contributed by atoms with Gasteiger partial charge in [-0.25, -0.2) is 9.78 Å². The molecule has 1 aromatic heterocycles. The molecule has 1 saturated heterocycles. The minimum absolute atomic E-state index is 0.0776. The second-order valence-electron chi connectivity index (χ2n) is 6.66. The van der Waals surface area contributed by atoms with E-state index in [1.165, 1.54) is 0 Å². The Morgan fingerprint density at radius 3 is 2.96 bits per heavy atom. The van der Waals surface area contributed by atoms with Gasteiger partial charge in [0.15, 0.2) is 0 Å². The van der Waals surface area contributed by atoms with Crippen LogP contribution in [0.4, 0.5) is 10.6 Å². The predicted octanol–water partition coefficient (Wildman–Crippen LogP) is 1.83. The number of hydrogen-bond acceptors (Lipinski definition) is 4. The van der Waals surface area contributed by atoms with Crippen molar-refractivity contribution in [3.8, 4) is 0 Å². The lowest BCUT2D eigenvalue weighted by Crippen LogP contribution is -2.54. The highest BCUT2D eigenvalue weighted by molar-refractivity contribution is 6.10. The van der Waals surface area contributed by atoms with Crippen LogP contribution >= 0.6 is 0 Å². The van der Waals surface area contributed by atoms with Crippen LogP contribution in [-0.2, 0) is 9.59 Å². The van der Waals surface area contributed by atoms with Gasteiger partial charge in [-0.05, 0) is 37.3 Å². The fourth-order valence-electron chi connectivity index (χ4n) is 3.57. The third kappa shape index (κ3) is 2.74. The third-order valence-corrected chi connectivity index (χ3v) is 5.07. The Kier molecular flexibility index (Phi) is 4.26. The van der Waals surface area contributed by atoms with E-state index in [0.717, 1.165) is 29.7 Å². The van der Waals surface area contributed by atoms with Crippen molar-refractivity contribution in [1.29, 1.82) is 0 Å². The van der Waals surface area contributed by atoms with Crippen LogP contribution in [0, 0.1) is 12.8 Å². The third-order valence-electron chi connectivity index (χ3n) is 5.07. The number of nitrogens with one attached hydrogen (secondary N) is 2. The molecule has 2 atom stereocenters. The molecule has 2 heterocycles. The van der Waals surface area contributed by atoms with Gasteiger partial charge in [-0.3, -0.25) is 14.5 Å². The van der Waals surface area contributed by atoms with Crippen molar-refractivity contribution < 1.29 is 14.4 Å². The van der Waals surface area contributed by atoms with Gasteiger partial charge in [-0.1, -0.05) is 25.8 Å². The largest absolute Gasteiger partial charge is 0.325 e. The molecule has 1 aliphatic carbocycles. The lowest BCUT2D eigenvalue weighted by Gasteiger charge is -2.36. The summed E-state index contributed by atoms with van der Waals surface area (Å²) in [5, 5.41) is 5.50. The first-order valence-electron chi connectivity index (χ1n) is 8.29. The Balaban J connectivity index is 1.71. The number of anilines is 1. The molecule has 0 unspecified atom stereocenters. The molecule has 0 aromatic carbocycles. The van der Waals surface area contributed by atoms with Crippen molar-refractivity contribution >= 4 is 23.7 Å². The highest BCUT2D eigenvalue weighted by Crippen LogP contribution is 2.38. The predicted molar refractivity (Wildman–Crippen MR) is 88.2 cm³/mol. The summed E-state index contributed by atoms with van der Waals surface area (Å²) in [5.41, 5.74) is -0.0169. The van der Waals surface area contributed by atoms with Crippen LogP contribution in [0.1, 0.15) is 38.2 Å². The number of carbonyl (C=O) groups is 3. The Morgan fingerprint density at radius 2 is 2.25 bits per heavy atom. The first-order chi connectivity index (χ1) is 11.4. The van der Waals surface area contributed by atoms with Gasteiger partial charge < -0.3 is 10.6 Å². The second kappa shape index (κ2) is 6.22. The Morgan fingerprint density at radius 1 is 1.46 bits per heavy atom. The molecule has 3 rings (SSSR count). The van der Waals surface area contributed by atoms with Crippen molar-refractivity contribution in [2.75, 3.05) is 11.9 Å². The fraction of sp³-hybridized carbons (Fsp3) is 0.529. The summed E-state index contributed by atoms with van der Waals surface area (Å²) in [4.78, 5) is 42.4. The molecule has 0 bridgehead atoms. The zero-order chi connectivity index (χ0) is 17.3. The van der Waals surface area contributed by atoms with Crippen LogP contribution < -0.4 is 10.6 Å². The number of pyridine rings is 1. The van der Waals surface area contributed by atoms with E-state index in [4.69, 9.17) is 0 Å². The Hall–Kier alpha value is -2.44. The van der Waals surface area contributed by atoms with Gasteiger partial charge in [0.1, 0.15) is 17.9 Å². The average Bonchev–Trinajstić information content (AvgIpc) is 2.78. The van der Waals surface area contributed by atoms with Crippen LogP contribution in [0.25, 0.3) is 0 Å². The second-order valence-corrected chi connectivity index (χ2v) is 6.66. The fourth-order valence-corrected chi connectivity index (χ4v) is 3.57.